The van der Waals surface area contributed by atoms with Crippen molar-refractivity contribution < 1.29 is 19.0 Å². The van der Waals surface area contributed by atoms with Crippen LogP contribution in [0.5, 0.6) is 5.75 Å². The number of fused-ring (bicyclic) bond motifs is 1. The van der Waals surface area contributed by atoms with E-state index in [1.54, 1.807) is 12.3 Å². The molecule has 0 saturated heterocycles. The lowest BCUT2D eigenvalue weighted by Crippen LogP contribution is -2.14. The molecule has 0 spiro atoms. The molecule has 0 radical (unpaired) electrons. The van der Waals surface area contributed by atoms with E-state index in [4.69, 9.17) is 9.84 Å². The molecule has 0 aliphatic carbocycles. The van der Waals surface area contributed by atoms with Crippen LogP contribution in [0.2, 0.25) is 0 Å². The summed E-state index contributed by atoms with van der Waals surface area (Å²) in [6.45, 7) is 5.38. The van der Waals surface area contributed by atoms with Crippen LogP contribution < -0.4 is 4.74 Å². The number of allylic oxidation sites excluding steroid dienone is 1. The monoisotopic (exact) mass is 331 g/mol. The average molecular weight is 331 g/mol. The number of benzene rings is 1. The topological polar surface area (TPSA) is 59.4 Å². The second kappa shape index (κ2) is 7.43. The summed E-state index contributed by atoms with van der Waals surface area (Å²) < 4.78 is 17.8. The first-order valence-electron chi connectivity index (χ1n) is 7.82. The van der Waals surface area contributed by atoms with Gasteiger partial charge in [-0.2, -0.15) is 0 Å². The number of aromatic nitrogens is 1. The number of pyridine rings is 1. The van der Waals surface area contributed by atoms with Crippen molar-refractivity contribution in [1.82, 2.24) is 4.98 Å². The van der Waals surface area contributed by atoms with Crippen molar-refractivity contribution in [3.63, 3.8) is 0 Å². The lowest BCUT2D eigenvalue weighted by atomic mass is 9.82. The second-order valence-electron chi connectivity index (χ2n) is 6.59. The molecule has 5 heteroatoms. The summed E-state index contributed by atoms with van der Waals surface area (Å²) in [5.41, 5.74) is 2.17. The van der Waals surface area contributed by atoms with E-state index >= 15 is 0 Å². The molecule has 0 saturated carbocycles. The minimum atomic E-state index is -0.953. The van der Waals surface area contributed by atoms with Crippen LogP contribution in [0.4, 0.5) is 4.39 Å². The van der Waals surface area contributed by atoms with Crippen LogP contribution in [0, 0.1) is 5.41 Å². The van der Waals surface area contributed by atoms with Crippen molar-refractivity contribution in [2.24, 2.45) is 5.41 Å². The summed E-state index contributed by atoms with van der Waals surface area (Å²) in [5, 5.41) is 10.0. The highest BCUT2D eigenvalue weighted by Crippen LogP contribution is 2.33. The van der Waals surface area contributed by atoms with Crippen LogP contribution in [-0.4, -0.2) is 29.3 Å². The van der Waals surface area contributed by atoms with E-state index in [0.29, 0.717) is 17.7 Å². The smallest absolute Gasteiger partial charge is 0.328 e. The third-order valence-corrected chi connectivity index (χ3v) is 3.80. The maximum absolute atomic E-state index is 12.4. The van der Waals surface area contributed by atoms with E-state index in [-0.39, 0.29) is 12.0 Å². The summed E-state index contributed by atoms with van der Waals surface area (Å²) >= 11 is 0. The molecule has 0 amide bonds. The average Bonchev–Trinajstić information content (AvgIpc) is 2.52. The van der Waals surface area contributed by atoms with Gasteiger partial charge in [-0.1, -0.05) is 38.5 Å². The predicted octanol–water partition coefficient (Wildman–Crippen LogP) is 4.18. The van der Waals surface area contributed by atoms with E-state index in [0.717, 1.165) is 16.5 Å². The third kappa shape index (κ3) is 4.31. The number of hydrogen-bond donors (Lipinski definition) is 1. The van der Waals surface area contributed by atoms with E-state index in [9.17, 15) is 9.18 Å². The minimum Gasteiger partial charge on any atom is -0.489 e. The Bertz CT molecular complexity index is 763. The van der Waals surface area contributed by atoms with Gasteiger partial charge < -0.3 is 9.84 Å². The predicted molar refractivity (Wildman–Crippen MR) is 92.1 cm³/mol. The van der Waals surface area contributed by atoms with Crippen LogP contribution >= 0.6 is 0 Å². The van der Waals surface area contributed by atoms with Crippen molar-refractivity contribution in [3.05, 3.63) is 47.7 Å². The highest BCUT2D eigenvalue weighted by atomic mass is 19.1. The van der Waals surface area contributed by atoms with Gasteiger partial charge in [-0.25, -0.2) is 9.18 Å². The van der Waals surface area contributed by atoms with Gasteiger partial charge in [0.1, 0.15) is 24.5 Å². The molecule has 0 aliphatic heterocycles. The Hall–Kier alpha value is -2.43. The fourth-order valence-electron chi connectivity index (χ4n) is 2.51. The maximum Gasteiger partial charge on any atom is 0.328 e. The molecule has 24 heavy (non-hydrogen) atoms. The zero-order chi connectivity index (χ0) is 17.7. The number of aliphatic carboxylic acids is 1. The largest absolute Gasteiger partial charge is 0.489 e. The van der Waals surface area contributed by atoms with E-state index in [1.807, 2.05) is 39.0 Å². The van der Waals surface area contributed by atoms with E-state index in [1.165, 1.54) is 6.08 Å². The van der Waals surface area contributed by atoms with Crippen molar-refractivity contribution in [2.75, 3.05) is 13.3 Å². The summed E-state index contributed by atoms with van der Waals surface area (Å²) in [6.07, 6.45) is 3.43. The Morgan fingerprint density at radius 1 is 1.33 bits per heavy atom. The van der Waals surface area contributed by atoms with Gasteiger partial charge in [-0.05, 0) is 29.5 Å². The van der Waals surface area contributed by atoms with Gasteiger partial charge in [0.15, 0.2) is 0 Å². The van der Waals surface area contributed by atoms with Crippen molar-refractivity contribution >= 4 is 16.9 Å². The van der Waals surface area contributed by atoms with Gasteiger partial charge in [-0.15, -0.1) is 0 Å². The Labute approximate surface area is 141 Å². The number of carbonyl (C=O) groups is 1. The number of rotatable bonds is 6. The van der Waals surface area contributed by atoms with Crippen LogP contribution in [0.1, 0.15) is 26.3 Å². The Kier molecular flexibility index (Phi) is 5.54. The molecule has 4 nitrogen and oxygen atoms in total. The van der Waals surface area contributed by atoms with Gasteiger partial charge in [0.2, 0.25) is 0 Å². The van der Waals surface area contributed by atoms with Gasteiger partial charge in [0.05, 0.1) is 0 Å². The Balaban J connectivity index is 2.48. The zero-order valence-electron chi connectivity index (χ0n) is 14.2. The molecular formula is C19H22FNO3. The first kappa shape index (κ1) is 17.9. The summed E-state index contributed by atoms with van der Waals surface area (Å²) in [5.74, 6) is -0.420. The van der Waals surface area contributed by atoms with Gasteiger partial charge in [0.25, 0.3) is 0 Å². The molecule has 0 unspecified atom stereocenters. The number of nitrogens with zero attached hydrogens (tertiary/aromatic N) is 1. The molecule has 1 heterocycles. The van der Waals surface area contributed by atoms with Crippen LogP contribution in [0.3, 0.4) is 0 Å². The first-order valence-corrected chi connectivity index (χ1v) is 7.82. The maximum atomic E-state index is 12.4. The number of carboxylic acid groups (broad SMARTS) is 1. The van der Waals surface area contributed by atoms with Gasteiger partial charge >= 0.3 is 5.97 Å². The van der Waals surface area contributed by atoms with Crippen molar-refractivity contribution in [1.29, 1.82) is 0 Å². The first-order chi connectivity index (χ1) is 11.3. The molecule has 0 bridgehead atoms. The summed E-state index contributed by atoms with van der Waals surface area (Å²) in [6, 6.07) is 7.39. The molecule has 0 fully saturated rings. The van der Waals surface area contributed by atoms with Gasteiger partial charge in [-0.3, -0.25) is 4.98 Å². The number of carboxylic acids is 1. The van der Waals surface area contributed by atoms with Crippen LogP contribution in [0.25, 0.3) is 10.9 Å². The molecule has 128 valence electrons. The highest BCUT2D eigenvalue weighted by molar-refractivity contribution is 5.88. The third-order valence-electron chi connectivity index (χ3n) is 3.80. The fraction of sp³-hybridized carbons (Fsp3) is 0.368. The molecule has 0 aliphatic rings. The quantitative estimate of drug-likeness (QED) is 0.807. The standard InChI is InChI=1S/C19H22FNO3/c1-19(2,3)14(12-17(22)23)11-13-6-7-16(24-10-8-20)18-15(13)5-4-9-21-18/h4-7,9,12H,8,10-11H2,1-3H3,(H,22,23)/b14-12-. The Morgan fingerprint density at radius 3 is 2.71 bits per heavy atom. The number of halogens is 1. The number of hydrogen-bond acceptors (Lipinski definition) is 3. The van der Waals surface area contributed by atoms with Crippen molar-refractivity contribution in [2.45, 2.75) is 27.2 Å². The van der Waals surface area contributed by atoms with Gasteiger partial charge in [0, 0.05) is 17.7 Å². The normalized spacial score (nSPS) is 12.4. The summed E-state index contributed by atoms with van der Waals surface area (Å²) in [7, 11) is 0. The van der Waals surface area contributed by atoms with E-state index < -0.39 is 12.6 Å². The molecule has 1 aromatic heterocycles. The molecule has 0 atom stereocenters. The number of ether oxygens (including phenoxy) is 1. The SMILES string of the molecule is CC(C)(C)/C(=C\C(=O)O)Cc1ccc(OCCF)c2ncccc12. The zero-order valence-corrected chi connectivity index (χ0v) is 14.2. The van der Waals surface area contributed by atoms with Crippen LogP contribution in [0.15, 0.2) is 42.1 Å². The second-order valence-corrected chi connectivity index (χ2v) is 6.59. The lowest BCUT2D eigenvalue weighted by molar-refractivity contribution is -0.131. The Morgan fingerprint density at radius 2 is 2.08 bits per heavy atom. The lowest BCUT2D eigenvalue weighted by Gasteiger charge is -2.23. The molecular weight excluding hydrogens is 309 g/mol. The molecule has 1 aromatic carbocycles. The summed E-state index contributed by atoms with van der Waals surface area (Å²) in [4.78, 5) is 15.5. The molecule has 2 aromatic rings. The molecule has 2 rings (SSSR count). The van der Waals surface area contributed by atoms with E-state index in [2.05, 4.69) is 4.98 Å². The molecule has 1 N–H and O–H groups in total. The number of alkyl halides is 1. The van der Waals surface area contributed by atoms with Crippen LogP contribution in [-0.2, 0) is 11.2 Å². The van der Waals surface area contributed by atoms with Crippen molar-refractivity contribution in [3.8, 4) is 5.75 Å². The minimum absolute atomic E-state index is 0.0167. The fourth-order valence-corrected chi connectivity index (χ4v) is 2.51. The highest BCUT2D eigenvalue weighted by Gasteiger charge is 2.20.